The summed E-state index contributed by atoms with van der Waals surface area (Å²) in [6, 6.07) is 0. The van der Waals surface area contributed by atoms with Crippen molar-refractivity contribution in [1.29, 1.82) is 0 Å². The molecule has 0 heterocycles. The largest absolute Gasteiger partial charge is 0.480 e. The van der Waals surface area contributed by atoms with Crippen LogP contribution in [0.25, 0.3) is 0 Å². The zero-order chi connectivity index (χ0) is 15.6. The molecule has 0 amide bonds. The molecule has 120 valence electrons. The maximum absolute atomic E-state index is 11.3. The molecule has 0 aromatic carbocycles. The molecule has 0 saturated carbocycles. The molecule has 0 radical (unpaired) electrons. The van der Waals surface area contributed by atoms with Gasteiger partial charge in [-0.2, -0.15) is 0 Å². The molecule has 20 heavy (non-hydrogen) atoms. The number of aliphatic carboxylic acids is 1. The molecule has 0 rings (SSSR count). The second-order valence-electron chi connectivity index (χ2n) is 5.91. The van der Waals surface area contributed by atoms with Crippen LogP contribution in [0.4, 0.5) is 0 Å². The standard InChI is InChI=1S/C15H33N3O2/c1-5-7-9-15(16,14(19)20)10-8-11-18(6-2)13-12-17(3)4/h5-13,16H2,1-4H3,(H,19,20). The second kappa shape index (κ2) is 10.1. The summed E-state index contributed by atoms with van der Waals surface area (Å²) < 4.78 is 0. The van der Waals surface area contributed by atoms with E-state index in [-0.39, 0.29) is 0 Å². The Morgan fingerprint density at radius 3 is 2.15 bits per heavy atom. The molecule has 1 atom stereocenters. The SMILES string of the molecule is CCCCC(N)(CCCN(CC)CCN(C)C)C(=O)O. The molecule has 0 saturated heterocycles. The fraction of sp³-hybridized carbons (Fsp3) is 0.933. The normalized spacial score (nSPS) is 14.8. The van der Waals surface area contributed by atoms with Crippen LogP contribution in [-0.2, 0) is 4.79 Å². The summed E-state index contributed by atoms with van der Waals surface area (Å²) >= 11 is 0. The number of hydrogen-bond acceptors (Lipinski definition) is 4. The van der Waals surface area contributed by atoms with E-state index in [0.717, 1.165) is 45.4 Å². The van der Waals surface area contributed by atoms with Gasteiger partial charge in [0.2, 0.25) is 0 Å². The molecule has 0 aliphatic rings. The van der Waals surface area contributed by atoms with Crippen molar-refractivity contribution in [2.24, 2.45) is 5.73 Å². The molecule has 5 nitrogen and oxygen atoms in total. The van der Waals surface area contributed by atoms with E-state index in [9.17, 15) is 9.90 Å². The van der Waals surface area contributed by atoms with Gasteiger partial charge in [-0.1, -0.05) is 26.7 Å². The third-order valence-electron chi connectivity index (χ3n) is 3.81. The minimum Gasteiger partial charge on any atom is -0.480 e. The molecule has 0 bridgehead atoms. The number of carboxylic acid groups (broad SMARTS) is 1. The maximum atomic E-state index is 11.3. The summed E-state index contributed by atoms with van der Waals surface area (Å²) in [7, 11) is 4.13. The molecule has 0 aliphatic carbocycles. The Morgan fingerprint density at radius 1 is 1.10 bits per heavy atom. The van der Waals surface area contributed by atoms with Crippen LogP contribution in [0.5, 0.6) is 0 Å². The van der Waals surface area contributed by atoms with Gasteiger partial charge in [0.1, 0.15) is 5.54 Å². The van der Waals surface area contributed by atoms with Gasteiger partial charge in [-0.05, 0) is 46.4 Å². The smallest absolute Gasteiger partial charge is 0.323 e. The Kier molecular flexibility index (Phi) is 9.80. The summed E-state index contributed by atoms with van der Waals surface area (Å²) in [5.41, 5.74) is 5.01. The molecule has 0 aromatic heterocycles. The predicted octanol–water partition coefficient (Wildman–Crippen LogP) is 1.62. The number of rotatable bonds is 12. The molecule has 3 N–H and O–H groups in total. The minimum absolute atomic E-state index is 0.556. The highest BCUT2D eigenvalue weighted by Crippen LogP contribution is 2.18. The van der Waals surface area contributed by atoms with Crippen molar-refractivity contribution in [2.45, 2.75) is 51.5 Å². The molecule has 5 heteroatoms. The minimum atomic E-state index is -1.04. The Bertz CT molecular complexity index is 272. The first-order valence-corrected chi connectivity index (χ1v) is 7.75. The average molecular weight is 287 g/mol. The van der Waals surface area contributed by atoms with Gasteiger partial charge in [-0.25, -0.2) is 0 Å². The monoisotopic (exact) mass is 287 g/mol. The van der Waals surface area contributed by atoms with Crippen molar-refractivity contribution in [1.82, 2.24) is 9.80 Å². The lowest BCUT2D eigenvalue weighted by atomic mass is 9.89. The maximum Gasteiger partial charge on any atom is 0.323 e. The average Bonchev–Trinajstić information content (AvgIpc) is 2.39. The van der Waals surface area contributed by atoms with Crippen LogP contribution in [-0.4, -0.2) is 66.7 Å². The van der Waals surface area contributed by atoms with Gasteiger partial charge in [0.05, 0.1) is 0 Å². The van der Waals surface area contributed by atoms with E-state index in [1.807, 2.05) is 0 Å². The number of carbonyl (C=O) groups is 1. The van der Waals surface area contributed by atoms with Crippen LogP contribution in [0.1, 0.15) is 46.0 Å². The Morgan fingerprint density at radius 2 is 1.70 bits per heavy atom. The third-order valence-corrected chi connectivity index (χ3v) is 3.81. The van der Waals surface area contributed by atoms with E-state index in [1.54, 1.807) is 0 Å². The van der Waals surface area contributed by atoms with Gasteiger partial charge in [0, 0.05) is 13.1 Å². The highest BCUT2D eigenvalue weighted by molar-refractivity contribution is 5.78. The highest BCUT2D eigenvalue weighted by atomic mass is 16.4. The Labute approximate surface area is 124 Å². The fourth-order valence-electron chi connectivity index (χ4n) is 2.22. The van der Waals surface area contributed by atoms with Gasteiger partial charge in [0.25, 0.3) is 0 Å². The van der Waals surface area contributed by atoms with E-state index < -0.39 is 11.5 Å². The third kappa shape index (κ3) is 7.82. The number of nitrogens with two attached hydrogens (primary N) is 1. The zero-order valence-electron chi connectivity index (χ0n) is 13.7. The summed E-state index contributed by atoms with van der Waals surface area (Å²) in [6.07, 6.45) is 3.83. The van der Waals surface area contributed by atoms with Crippen LogP contribution in [0.15, 0.2) is 0 Å². The zero-order valence-corrected chi connectivity index (χ0v) is 13.7. The number of unbranched alkanes of at least 4 members (excludes halogenated alkanes) is 1. The lowest BCUT2D eigenvalue weighted by Crippen LogP contribution is -2.48. The highest BCUT2D eigenvalue weighted by Gasteiger charge is 2.32. The topological polar surface area (TPSA) is 69.8 Å². The van der Waals surface area contributed by atoms with Crippen molar-refractivity contribution in [3.05, 3.63) is 0 Å². The predicted molar refractivity (Wildman–Crippen MR) is 84.0 cm³/mol. The van der Waals surface area contributed by atoms with Crippen molar-refractivity contribution in [3.8, 4) is 0 Å². The van der Waals surface area contributed by atoms with Gasteiger partial charge in [0.15, 0.2) is 0 Å². The van der Waals surface area contributed by atoms with Crippen molar-refractivity contribution in [2.75, 3.05) is 40.3 Å². The van der Waals surface area contributed by atoms with Gasteiger partial charge in [-0.15, -0.1) is 0 Å². The van der Waals surface area contributed by atoms with Gasteiger partial charge in [-0.3, -0.25) is 4.79 Å². The van der Waals surface area contributed by atoms with E-state index in [1.165, 1.54) is 0 Å². The molecule has 0 spiro atoms. The summed E-state index contributed by atoms with van der Waals surface area (Å²) in [6.45, 7) is 8.15. The summed E-state index contributed by atoms with van der Waals surface area (Å²) in [5.74, 6) is -0.859. The van der Waals surface area contributed by atoms with Crippen molar-refractivity contribution < 1.29 is 9.90 Å². The summed E-state index contributed by atoms with van der Waals surface area (Å²) in [4.78, 5) is 15.9. The quantitative estimate of drug-likeness (QED) is 0.571. The Balaban J connectivity index is 4.17. The lowest BCUT2D eigenvalue weighted by Gasteiger charge is -2.27. The van der Waals surface area contributed by atoms with E-state index in [2.05, 4.69) is 37.7 Å². The van der Waals surface area contributed by atoms with Crippen LogP contribution in [0, 0.1) is 0 Å². The fourth-order valence-corrected chi connectivity index (χ4v) is 2.22. The summed E-state index contributed by atoms with van der Waals surface area (Å²) in [5, 5.41) is 9.31. The first-order valence-electron chi connectivity index (χ1n) is 7.75. The van der Waals surface area contributed by atoms with E-state index >= 15 is 0 Å². The number of nitrogens with zero attached hydrogens (tertiary/aromatic N) is 2. The van der Waals surface area contributed by atoms with Crippen LogP contribution >= 0.6 is 0 Å². The van der Waals surface area contributed by atoms with Crippen LogP contribution in [0.3, 0.4) is 0 Å². The molecular formula is C15H33N3O2. The number of carboxylic acids is 1. The molecule has 0 fully saturated rings. The molecular weight excluding hydrogens is 254 g/mol. The number of likely N-dealkylation sites (N-methyl/N-ethyl adjacent to an activating group) is 2. The Hall–Kier alpha value is -0.650. The van der Waals surface area contributed by atoms with E-state index in [4.69, 9.17) is 5.73 Å². The van der Waals surface area contributed by atoms with Crippen LogP contribution < -0.4 is 5.73 Å². The first kappa shape index (κ1) is 19.4. The second-order valence-corrected chi connectivity index (χ2v) is 5.91. The lowest BCUT2D eigenvalue weighted by molar-refractivity contribution is -0.144. The van der Waals surface area contributed by atoms with Crippen molar-refractivity contribution in [3.63, 3.8) is 0 Å². The van der Waals surface area contributed by atoms with E-state index in [0.29, 0.717) is 12.8 Å². The van der Waals surface area contributed by atoms with Gasteiger partial charge < -0.3 is 20.6 Å². The first-order chi connectivity index (χ1) is 9.35. The number of hydrogen-bond donors (Lipinski definition) is 2. The van der Waals surface area contributed by atoms with Crippen LogP contribution in [0.2, 0.25) is 0 Å². The van der Waals surface area contributed by atoms with Crippen molar-refractivity contribution >= 4 is 5.97 Å². The molecule has 1 unspecified atom stereocenters. The van der Waals surface area contributed by atoms with Gasteiger partial charge >= 0.3 is 5.97 Å². The molecule has 0 aromatic rings. The molecule has 0 aliphatic heterocycles.